The second-order valence-electron chi connectivity index (χ2n) is 3.50. The van der Waals surface area contributed by atoms with Gasteiger partial charge in [0.2, 0.25) is 0 Å². The Morgan fingerprint density at radius 3 is 2.75 bits per heavy atom. The van der Waals surface area contributed by atoms with Crippen molar-refractivity contribution in [3.05, 3.63) is 38.8 Å². The predicted molar refractivity (Wildman–Crippen MR) is 69.4 cm³/mol. The summed E-state index contributed by atoms with van der Waals surface area (Å²) in [6.07, 6.45) is 0. The van der Waals surface area contributed by atoms with Crippen molar-refractivity contribution in [1.29, 1.82) is 5.26 Å². The number of aromatic nitrogens is 1. The van der Waals surface area contributed by atoms with Gasteiger partial charge in [0.05, 0.1) is 5.69 Å². The summed E-state index contributed by atoms with van der Waals surface area (Å²) < 4.78 is 1.03. The Morgan fingerprint density at radius 2 is 2.12 bits per heavy atom. The molecule has 0 saturated carbocycles. The SMILES string of the molecule is Cc1ccc(Br)cc1-c1nc(C)c(C#N)s1. The highest BCUT2D eigenvalue weighted by molar-refractivity contribution is 9.10. The van der Waals surface area contributed by atoms with Gasteiger partial charge < -0.3 is 0 Å². The molecule has 16 heavy (non-hydrogen) atoms. The predicted octanol–water partition coefficient (Wildman–Crippen LogP) is 4.06. The highest BCUT2D eigenvalue weighted by Gasteiger charge is 2.11. The van der Waals surface area contributed by atoms with Crippen LogP contribution in [0, 0.1) is 25.2 Å². The van der Waals surface area contributed by atoms with Gasteiger partial charge in [0, 0.05) is 10.0 Å². The molecule has 0 aliphatic rings. The topological polar surface area (TPSA) is 36.7 Å². The first-order valence-corrected chi connectivity index (χ1v) is 6.37. The number of benzene rings is 1. The Bertz CT molecular complexity index is 581. The summed E-state index contributed by atoms with van der Waals surface area (Å²) in [6, 6.07) is 8.25. The number of halogens is 1. The van der Waals surface area contributed by atoms with Gasteiger partial charge in [-0.25, -0.2) is 4.98 Å². The van der Waals surface area contributed by atoms with E-state index in [1.807, 2.05) is 32.0 Å². The third kappa shape index (κ3) is 2.01. The molecule has 0 bridgehead atoms. The van der Waals surface area contributed by atoms with E-state index in [9.17, 15) is 0 Å². The molecular formula is C12H9BrN2S. The Labute approximate surface area is 107 Å². The average Bonchev–Trinajstić information content (AvgIpc) is 2.63. The van der Waals surface area contributed by atoms with Crippen molar-refractivity contribution in [2.45, 2.75) is 13.8 Å². The second-order valence-corrected chi connectivity index (χ2v) is 5.42. The Balaban J connectivity index is 2.59. The van der Waals surface area contributed by atoms with Crippen LogP contribution in [0.3, 0.4) is 0 Å². The van der Waals surface area contributed by atoms with Crippen molar-refractivity contribution in [2.24, 2.45) is 0 Å². The Hall–Kier alpha value is -1.18. The molecule has 1 heterocycles. The molecule has 0 amide bonds. The summed E-state index contributed by atoms with van der Waals surface area (Å²) in [5.74, 6) is 0. The molecule has 1 aromatic heterocycles. The van der Waals surface area contributed by atoms with Crippen LogP contribution in [0.1, 0.15) is 16.1 Å². The summed E-state index contributed by atoms with van der Waals surface area (Å²) >= 11 is 4.89. The van der Waals surface area contributed by atoms with E-state index in [1.165, 1.54) is 16.9 Å². The standard InChI is InChI=1S/C12H9BrN2S/c1-7-3-4-9(13)5-10(7)12-15-8(2)11(6-14)16-12/h3-5H,1-2H3. The van der Waals surface area contributed by atoms with Crippen LogP contribution in [-0.2, 0) is 0 Å². The van der Waals surface area contributed by atoms with E-state index in [4.69, 9.17) is 5.26 Å². The summed E-state index contributed by atoms with van der Waals surface area (Å²) in [5, 5.41) is 9.82. The minimum Gasteiger partial charge on any atom is -0.240 e. The van der Waals surface area contributed by atoms with Gasteiger partial charge in [-0.1, -0.05) is 22.0 Å². The molecule has 0 saturated heterocycles. The quantitative estimate of drug-likeness (QED) is 0.795. The fourth-order valence-corrected chi connectivity index (χ4v) is 2.75. The van der Waals surface area contributed by atoms with Crippen molar-refractivity contribution >= 4 is 27.3 Å². The van der Waals surface area contributed by atoms with Gasteiger partial charge in [0.25, 0.3) is 0 Å². The molecule has 2 nitrogen and oxygen atoms in total. The van der Waals surface area contributed by atoms with Gasteiger partial charge in [0.1, 0.15) is 16.0 Å². The van der Waals surface area contributed by atoms with Gasteiger partial charge in [-0.15, -0.1) is 11.3 Å². The lowest BCUT2D eigenvalue weighted by Gasteiger charge is -2.02. The number of hydrogen-bond donors (Lipinski definition) is 0. The van der Waals surface area contributed by atoms with Crippen LogP contribution in [0.4, 0.5) is 0 Å². The van der Waals surface area contributed by atoms with Crippen molar-refractivity contribution in [3.63, 3.8) is 0 Å². The molecule has 0 spiro atoms. The fraction of sp³-hybridized carbons (Fsp3) is 0.167. The second kappa shape index (κ2) is 4.36. The van der Waals surface area contributed by atoms with Crippen molar-refractivity contribution in [3.8, 4) is 16.6 Å². The molecule has 0 aliphatic heterocycles. The van der Waals surface area contributed by atoms with E-state index in [1.54, 1.807) is 0 Å². The maximum Gasteiger partial charge on any atom is 0.128 e. The van der Waals surface area contributed by atoms with Crippen LogP contribution in [0.2, 0.25) is 0 Å². The van der Waals surface area contributed by atoms with Gasteiger partial charge in [-0.05, 0) is 31.5 Å². The van der Waals surface area contributed by atoms with Gasteiger partial charge in [0.15, 0.2) is 0 Å². The molecule has 0 aliphatic carbocycles. The lowest BCUT2D eigenvalue weighted by Crippen LogP contribution is -1.82. The summed E-state index contributed by atoms with van der Waals surface area (Å²) in [6.45, 7) is 3.91. The first-order valence-electron chi connectivity index (χ1n) is 4.76. The third-order valence-electron chi connectivity index (χ3n) is 2.33. The molecular weight excluding hydrogens is 284 g/mol. The zero-order chi connectivity index (χ0) is 11.7. The first-order chi connectivity index (χ1) is 7.61. The van der Waals surface area contributed by atoms with E-state index < -0.39 is 0 Å². The maximum absolute atomic E-state index is 8.91. The molecule has 80 valence electrons. The smallest absolute Gasteiger partial charge is 0.128 e. The van der Waals surface area contributed by atoms with E-state index in [0.717, 1.165) is 20.7 Å². The molecule has 4 heteroatoms. The van der Waals surface area contributed by atoms with E-state index in [-0.39, 0.29) is 0 Å². The summed E-state index contributed by atoms with van der Waals surface area (Å²) in [5.41, 5.74) is 3.06. The lowest BCUT2D eigenvalue weighted by atomic mass is 10.1. The molecule has 2 rings (SSSR count). The van der Waals surface area contributed by atoms with Crippen LogP contribution >= 0.6 is 27.3 Å². The van der Waals surface area contributed by atoms with E-state index >= 15 is 0 Å². The number of nitrogens with zero attached hydrogens (tertiary/aromatic N) is 2. The molecule has 0 atom stereocenters. The van der Waals surface area contributed by atoms with Crippen molar-refractivity contribution < 1.29 is 0 Å². The minimum absolute atomic E-state index is 0.689. The molecule has 1 aromatic carbocycles. The first kappa shape index (κ1) is 11.3. The molecule has 2 aromatic rings. The zero-order valence-electron chi connectivity index (χ0n) is 8.91. The average molecular weight is 293 g/mol. The van der Waals surface area contributed by atoms with Crippen LogP contribution < -0.4 is 0 Å². The zero-order valence-corrected chi connectivity index (χ0v) is 11.3. The number of thiazole rings is 1. The number of aryl methyl sites for hydroxylation is 2. The summed E-state index contributed by atoms with van der Waals surface area (Å²) in [4.78, 5) is 5.12. The van der Waals surface area contributed by atoms with Gasteiger partial charge in [-0.3, -0.25) is 0 Å². The summed E-state index contributed by atoms with van der Waals surface area (Å²) in [7, 11) is 0. The van der Waals surface area contributed by atoms with Crippen LogP contribution in [0.15, 0.2) is 22.7 Å². The molecule has 0 fully saturated rings. The molecule has 0 unspecified atom stereocenters. The van der Waals surface area contributed by atoms with Crippen molar-refractivity contribution in [1.82, 2.24) is 4.98 Å². The number of rotatable bonds is 1. The minimum atomic E-state index is 0.689. The highest BCUT2D eigenvalue weighted by Crippen LogP contribution is 2.31. The normalized spacial score (nSPS) is 10.1. The van der Waals surface area contributed by atoms with Gasteiger partial charge in [-0.2, -0.15) is 5.26 Å². The Morgan fingerprint density at radius 1 is 1.38 bits per heavy atom. The van der Waals surface area contributed by atoms with E-state index in [2.05, 4.69) is 27.0 Å². The third-order valence-corrected chi connectivity index (χ3v) is 3.92. The van der Waals surface area contributed by atoms with Crippen LogP contribution in [0.5, 0.6) is 0 Å². The van der Waals surface area contributed by atoms with Crippen LogP contribution in [0.25, 0.3) is 10.6 Å². The molecule has 0 N–H and O–H groups in total. The fourth-order valence-electron chi connectivity index (χ4n) is 1.44. The maximum atomic E-state index is 8.91. The lowest BCUT2D eigenvalue weighted by molar-refractivity contribution is 1.25. The largest absolute Gasteiger partial charge is 0.240 e. The number of nitriles is 1. The van der Waals surface area contributed by atoms with Crippen molar-refractivity contribution in [2.75, 3.05) is 0 Å². The van der Waals surface area contributed by atoms with E-state index in [0.29, 0.717) is 4.88 Å². The van der Waals surface area contributed by atoms with Crippen LogP contribution in [-0.4, -0.2) is 4.98 Å². The highest BCUT2D eigenvalue weighted by atomic mass is 79.9. The monoisotopic (exact) mass is 292 g/mol. The Kier molecular flexibility index (Phi) is 3.08. The molecule has 0 radical (unpaired) electrons. The van der Waals surface area contributed by atoms with Gasteiger partial charge >= 0.3 is 0 Å². The number of hydrogen-bond acceptors (Lipinski definition) is 3.